The van der Waals surface area contributed by atoms with Crippen LogP contribution < -0.4 is 5.32 Å². The Labute approximate surface area is 138 Å². The van der Waals surface area contributed by atoms with Gasteiger partial charge in [-0.05, 0) is 54.4 Å². The SMILES string of the molecule is CCCCc1ccc(NC(=S)N(C)Cc2cccnc2)cc1. The molecule has 0 spiro atoms. The van der Waals surface area contributed by atoms with Gasteiger partial charge < -0.3 is 10.2 Å². The fourth-order valence-electron chi connectivity index (χ4n) is 2.19. The number of nitrogens with one attached hydrogen (secondary N) is 1. The molecule has 0 bridgehead atoms. The van der Waals surface area contributed by atoms with Crippen LogP contribution in [0.15, 0.2) is 48.8 Å². The normalized spacial score (nSPS) is 10.3. The summed E-state index contributed by atoms with van der Waals surface area (Å²) in [4.78, 5) is 6.14. The number of benzene rings is 1. The Morgan fingerprint density at radius 2 is 1.95 bits per heavy atom. The topological polar surface area (TPSA) is 28.2 Å². The first-order chi connectivity index (χ1) is 10.7. The van der Waals surface area contributed by atoms with Gasteiger partial charge in [-0.25, -0.2) is 0 Å². The van der Waals surface area contributed by atoms with Crippen molar-refractivity contribution >= 4 is 23.0 Å². The van der Waals surface area contributed by atoms with E-state index in [0.29, 0.717) is 5.11 Å². The smallest absolute Gasteiger partial charge is 0.173 e. The highest BCUT2D eigenvalue weighted by Gasteiger charge is 2.05. The molecule has 0 aliphatic rings. The summed E-state index contributed by atoms with van der Waals surface area (Å²) >= 11 is 5.46. The van der Waals surface area contributed by atoms with Crippen molar-refractivity contribution < 1.29 is 0 Å². The molecule has 0 aliphatic carbocycles. The first-order valence-electron chi connectivity index (χ1n) is 7.69. The highest BCUT2D eigenvalue weighted by Crippen LogP contribution is 2.13. The quantitative estimate of drug-likeness (QED) is 0.807. The van der Waals surface area contributed by atoms with Gasteiger partial charge in [0.1, 0.15) is 0 Å². The lowest BCUT2D eigenvalue weighted by Gasteiger charge is -2.21. The molecule has 1 heterocycles. The molecule has 22 heavy (non-hydrogen) atoms. The fourth-order valence-corrected chi connectivity index (χ4v) is 2.37. The predicted molar refractivity (Wildman–Crippen MR) is 97.0 cm³/mol. The van der Waals surface area contributed by atoms with Crippen molar-refractivity contribution in [1.29, 1.82) is 0 Å². The van der Waals surface area contributed by atoms with Crippen molar-refractivity contribution in [1.82, 2.24) is 9.88 Å². The summed E-state index contributed by atoms with van der Waals surface area (Å²) in [6, 6.07) is 12.5. The van der Waals surface area contributed by atoms with Gasteiger partial charge in [-0.1, -0.05) is 31.5 Å². The van der Waals surface area contributed by atoms with E-state index in [1.807, 2.05) is 24.2 Å². The molecule has 0 unspecified atom stereocenters. The maximum atomic E-state index is 5.46. The minimum absolute atomic E-state index is 0.713. The van der Waals surface area contributed by atoms with E-state index in [-0.39, 0.29) is 0 Å². The number of thiocarbonyl (C=S) groups is 1. The van der Waals surface area contributed by atoms with Crippen LogP contribution in [0.4, 0.5) is 5.69 Å². The summed E-state index contributed by atoms with van der Waals surface area (Å²) in [5, 5.41) is 4.00. The molecule has 0 saturated carbocycles. The lowest BCUT2D eigenvalue weighted by molar-refractivity contribution is 0.507. The van der Waals surface area contributed by atoms with E-state index in [1.165, 1.54) is 18.4 Å². The second-order valence-corrected chi connectivity index (χ2v) is 5.83. The third kappa shape index (κ3) is 5.11. The van der Waals surface area contributed by atoms with Crippen LogP contribution in [0.5, 0.6) is 0 Å². The van der Waals surface area contributed by atoms with Gasteiger partial charge in [0.15, 0.2) is 5.11 Å². The van der Waals surface area contributed by atoms with Crippen LogP contribution >= 0.6 is 12.2 Å². The lowest BCUT2D eigenvalue weighted by atomic mass is 10.1. The molecular formula is C18H23N3S. The van der Waals surface area contributed by atoms with Crippen LogP contribution in [0, 0.1) is 0 Å². The maximum Gasteiger partial charge on any atom is 0.173 e. The minimum atomic E-state index is 0.713. The first-order valence-corrected chi connectivity index (χ1v) is 8.10. The molecule has 4 heteroatoms. The van der Waals surface area contributed by atoms with Gasteiger partial charge in [-0.3, -0.25) is 4.98 Å². The predicted octanol–water partition coefficient (Wildman–Crippen LogP) is 4.25. The number of pyridine rings is 1. The van der Waals surface area contributed by atoms with Crippen LogP contribution in [-0.4, -0.2) is 22.0 Å². The number of hydrogen-bond donors (Lipinski definition) is 1. The van der Waals surface area contributed by atoms with Crippen molar-refractivity contribution in [3.05, 3.63) is 59.9 Å². The molecule has 1 aromatic carbocycles. The Bertz CT molecular complexity index is 581. The Morgan fingerprint density at radius 3 is 2.59 bits per heavy atom. The van der Waals surface area contributed by atoms with Crippen molar-refractivity contribution in [3.63, 3.8) is 0 Å². The second kappa shape index (κ2) is 8.49. The first kappa shape index (κ1) is 16.4. The maximum absolute atomic E-state index is 5.46. The largest absolute Gasteiger partial charge is 0.348 e. The Balaban J connectivity index is 1.88. The highest BCUT2D eigenvalue weighted by molar-refractivity contribution is 7.80. The summed E-state index contributed by atoms with van der Waals surface area (Å²) in [6.07, 6.45) is 7.24. The van der Waals surface area contributed by atoms with E-state index >= 15 is 0 Å². The van der Waals surface area contributed by atoms with Crippen LogP contribution in [0.1, 0.15) is 30.9 Å². The van der Waals surface area contributed by atoms with Crippen molar-refractivity contribution in [2.24, 2.45) is 0 Å². The summed E-state index contributed by atoms with van der Waals surface area (Å²) in [7, 11) is 1.98. The van der Waals surface area contributed by atoms with Crippen molar-refractivity contribution in [2.45, 2.75) is 32.7 Å². The molecule has 1 aromatic heterocycles. The monoisotopic (exact) mass is 313 g/mol. The van der Waals surface area contributed by atoms with E-state index in [4.69, 9.17) is 12.2 Å². The number of rotatable bonds is 6. The Hall–Kier alpha value is -1.94. The molecule has 0 atom stereocenters. The van der Waals surface area contributed by atoms with E-state index in [9.17, 15) is 0 Å². The van der Waals surface area contributed by atoms with E-state index in [2.05, 4.69) is 47.6 Å². The molecule has 0 radical (unpaired) electrons. The number of aromatic nitrogens is 1. The standard InChI is InChI=1S/C18H23N3S/c1-3-4-6-15-8-10-17(11-9-15)20-18(22)21(2)14-16-7-5-12-19-13-16/h5,7-13H,3-4,6,14H2,1-2H3,(H,20,22). The van der Waals surface area contributed by atoms with Crippen LogP contribution in [0.25, 0.3) is 0 Å². The fraction of sp³-hybridized carbons (Fsp3) is 0.333. The average molecular weight is 313 g/mol. The van der Waals surface area contributed by atoms with Crippen molar-refractivity contribution in [3.8, 4) is 0 Å². The number of anilines is 1. The average Bonchev–Trinajstić information content (AvgIpc) is 2.55. The number of hydrogen-bond acceptors (Lipinski definition) is 2. The van der Waals surface area contributed by atoms with Crippen LogP contribution in [0.2, 0.25) is 0 Å². The molecule has 0 fully saturated rings. The minimum Gasteiger partial charge on any atom is -0.348 e. The molecule has 0 amide bonds. The van der Waals surface area contributed by atoms with Gasteiger partial charge in [0.25, 0.3) is 0 Å². The molecular weight excluding hydrogens is 290 g/mol. The third-order valence-electron chi connectivity index (χ3n) is 3.51. The van der Waals surface area contributed by atoms with Gasteiger partial charge in [-0.2, -0.15) is 0 Å². The molecule has 1 N–H and O–H groups in total. The molecule has 0 aliphatic heterocycles. The molecule has 3 nitrogen and oxygen atoms in total. The van der Waals surface area contributed by atoms with E-state index in [1.54, 1.807) is 6.20 Å². The van der Waals surface area contributed by atoms with Gasteiger partial charge in [0.05, 0.1) is 0 Å². The number of nitrogens with zero attached hydrogens (tertiary/aromatic N) is 2. The van der Waals surface area contributed by atoms with Gasteiger partial charge in [0.2, 0.25) is 0 Å². The summed E-state index contributed by atoms with van der Waals surface area (Å²) in [5.41, 5.74) is 3.55. The lowest BCUT2D eigenvalue weighted by Crippen LogP contribution is -2.30. The zero-order valence-corrected chi connectivity index (χ0v) is 14.1. The van der Waals surface area contributed by atoms with Gasteiger partial charge in [-0.15, -0.1) is 0 Å². The molecule has 2 rings (SSSR count). The van der Waals surface area contributed by atoms with Crippen LogP contribution in [0.3, 0.4) is 0 Å². The molecule has 0 saturated heterocycles. The zero-order chi connectivity index (χ0) is 15.8. The Morgan fingerprint density at radius 1 is 1.18 bits per heavy atom. The number of unbranched alkanes of at least 4 members (excludes halogenated alkanes) is 1. The van der Waals surface area contributed by atoms with Gasteiger partial charge >= 0.3 is 0 Å². The Kier molecular flexibility index (Phi) is 6.34. The third-order valence-corrected chi connectivity index (χ3v) is 3.93. The second-order valence-electron chi connectivity index (χ2n) is 5.45. The summed E-state index contributed by atoms with van der Waals surface area (Å²) in [5.74, 6) is 0. The van der Waals surface area contributed by atoms with E-state index < -0.39 is 0 Å². The molecule has 2 aromatic rings. The zero-order valence-electron chi connectivity index (χ0n) is 13.2. The highest BCUT2D eigenvalue weighted by atomic mass is 32.1. The summed E-state index contributed by atoms with van der Waals surface area (Å²) < 4.78 is 0. The van der Waals surface area contributed by atoms with Crippen LogP contribution in [-0.2, 0) is 13.0 Å². The van der Waals surface area contributed by atoms with Crippen molar-refractivity contribution in [2.75, 3.05) is 12.4 Å². The molecule has 116 valence electrons. The summed E-state index contributed by atoms with van der Waals surface area (Å²) in [6.45, 7) is 2.96. The van der Waals surface area contributed by atoms with Gasteiger partial charge in [0, 0.05) is 31.7 Å². The van der Waals surface area contributed by atoms with E-state index in [0.717, 1.165) is 24.2 Å². The number of aryl methyl sites for hydroxylation is 1.